The summed E-state index contributed by atoms with van der Waals surface area (Å²) in [5, 5.41) is 3.09. The Morgan fingerprint density at radius 1 is 1.47 bits per heavy atom. The van der Waals surface area contributed by atoms with Gasteiger partial charge in [-0.15, -0.1) is 0 Å². The maximum Gasteiger partial charge on any atom is 0.166 e. The van der Waals surface area contributed by atoms with E-state index in [9.17, 15) is 4.39 Å². The zero-order chi connectivity index (χ0) is 12.8. The number of likely N-dealkylation sites (N-methyl/N-ethyl adjacent to an activating group) is 1. The maximum absolute atomic E-state index is 13.5. The monoisotopic (exact) mass is 303 g/mol. The number of rotatable bonds is 6. The van der Waals surface area contributed by atoms with Crippen LogP contribution in [-0.4, -0.2) is 35.6 Å². The maximum atomic E-state index is 13.5. The molecule has 1 aromatic rings. The highest BCUT2D eigenvalue weighted by atomic mass is 79.9. The van der Waals surface area contributed by atoms with Crippen LogP contribution < -0.4 is 5.32 Å². The van der Waals surface area contributed by atoms with Crippen LogP contribution in [-0.2, 0) is 0 Å². The second-order valence-corrected chi connectivity index (χ2v) is 4.93. The highest BCUT2D eigenvalue weighted by molar-refractivity contribution is 9.10. The second kappa shape index (κ2) is 6.91. The van der Waals surface area contributed by atoms with Crippen LogP contribution in [0.5, 0.6) is 0 Å². The van der Waals surface area contributed by atoms with Crippen molar-refractivity contribution in [2.24, 2.45) is 0 Å². The second-order valence-electron chi connectivity index (χ2n) is 4.02. The summed E-state index contributed by atoms with van der Waals surface area (Å²) in [6.07, 6.45) is 1.59. The minimum Gasteiger partial charge on any atom is -0.364 e. The van der Waals surface area contributed by atoms with Crippen LogP contribution in [0.1, 0.15) is 20.8 Å². The summed E-state index contributed by atoms with van der Waals surface area (Å²) >= 11 is 3.19. The van der Waals surface area contributed by atoms with Gasteiger partial charge in [0.2, 0.25) is 0 Å². The SMILES string of the molecule is CCN(CC)CC(C)Nc1ncc(Br)cc1F. The quantitative estimate of drug-likeness (QED) is 0.875. The van der Waals surface area contributed by atoms with E-state index in [0.717, 1.165) is 19.6 Å². The Kier molecular flexibility index (Phi) is 5.85. The van der Waals surface area contributed by atoms with E-state index in [0.29, 0.717) is 10.3 Å². The number of hydrogen-bond acceptors (Lipinski definition) is 3. The van der Waals surface area contributed by atoms with Gasteiger partial charge in [0.15, 0.2) is 11.6 Å². The summed E-state index contributed by atoms with van der Waals surface area (Å²) < 4.78 is 14.2. The van der Waals surface area contributed by atoms with Crippen molar-refractivity contribution in [1.82, 2.24) is 9.88 Å². The fourth-order valence-corrected chi connectivity index (χ4v) is 1.97. The molecule has 1 heterocycles. The molecule has 1 unspecified atom stereocenters. The zero-order valence-corrected chi connectivity index (χ0v) is 12.1. The topological polar surface area (TPSA) is 28.2 Å². The molecule has 1 atom stereocenters. The Morgan fingerprint density at radius 3 is 2.65 bits per heavy atom. The number of hydrogen-bond donors (Lipinski definition) is 1. The van der Waals surface area contributed by atoms with Crippen molar-refractivity contribution >= 4 is 21.7 Å². The molecule has 0 aliphatic rings. The smallest absolute Gasteiger partial charge is 0.166 e. The van der Waals surface area contributed by atoms with Gasteiger partial charge in [-0.1, -0.05) is 13.8 Å². The number of nitrogens with one attached hydrogen (secondary N) is 1. The molecule has 0 amide bonds. The fourth-order valence-electron chi connectivity index (χ4n) is 1.67. The van der Waals surface area contributed by atoms with Gasteiger partial charge in [-0.05, 0) is 42.0 Å². The third-order valence-corrected chi connectivity index (χ3v) is 3.05. The summed E-state index contributed by atoms with van der Waals surface area (Å²) in [4.78, 5) is 6.31. The first-order chi connectivity index (χ1) is 8.06. The Hall–Kier alpha value is -0.680. The molecule has 0 aliphatic carbocycles. The molecule has 3 nitrogen and oxygen atoms in total. The van der Waals surface area contributed by atoms with E-state index in [2.05, 4.69) is 45.0 Å². The third-order valence-electron chi connectivity index (χ3n) is 2.62. The Morgan fingerprint density at radius 2 is 2.12 bits per heavy atom. The molecule has 0 saturated heterocycles. The largest absolute Gasteiger partial charge is 0.364 e. The molecular weight excluding hydrogens is 285 g/mol. The predicted octanol–water partition coefficient (Wildman–Crippen LogP) is 3.13. The number of nitrogens with zero attached hydrogens (tertiary/aromatic N) is 2. The van der Waals surface area contributed by atoms with Crippen molar-refractivity contribution in [3.8, 4) is 0 Å². The van der Waals surface area contributed by atoms with Gasteiger partial charge in [0.25, 0.3) is 0 Å². The lowest BCUT2D eigenvalue weighted by molar-refractivity contribution is 0.294. The van der Waals surface area contributed by atoms with E-state index in [1.807, 2.05) is 6.92 Å². The lowest BCUT2D eigenvalue weighted by atomic mass is 10.3. The van der Waals surface area contributed by atoms with Crippen LogP contribution in [0.3, 0.4) is 0 Å². The number of pyridine rings is 1. The summed E-state index contributed by atoms with van der Waals surface area (Å²) in [5.41, 5.74) is 0. The molecule has 0 radical (unpaired) electrons. The van der Waals surface area contributed by atoms with E-state index in [1.54, 1.807) is 6.20 Å². The number of anilines is 1. The van der Waals surface area contributed by atoms with Gasteiger partial charge in [0.05, 0.1) is 0 Å². The Labute approximate surface area is 111 Å². The average Bonchev–Trinajstić information content (AvgIpc) is 2.29. The molecule has 0 aromatic carbocycles. The van der Waals surface area contributed by atoms with Crippen LogP contribution in [0.2, 0.25) is 0 Å². The van der Waals surface area contributed by atoms with Crippen LogP contribution in [0.15, 0.2) is 16.7 Å². The molecule has 0 aliphatic heterocycles. The molecule has 1 N–H and O–H groups in total. The van der Waals surface area contributed by atoms with E-state index >= 15 is 0 Å². The van der Waals surface area contributed by atoms with E-state index in [1.165, 1.54) is 6.07 Å². The molecular formula is C12H19BrFN3. The molecule has 0 spiro atoms. The van der Waals surface area contributed by atoms with Crippen LogP contribution in [0, 0.1) is 5.82 Å². The first kappa shape index (κ1) is 14.4. The summed E-state index contributed by atoms with van der Waals surface area (Å²) in [6.45, 7) is 9.15. The van der Waals surface area contributed by atoms with Gasteiger partial charge in [-0.25, -0.2) is 9.37 Å². The van der Waals surface area contributed by atoms with Crippen molar-refractivity contribution in [2.45, 2.75) is 26.8 Å². The van der Waals surface area contributed by atoms with Crippen molar-refractivity contribution in [1.29, 1.82) is 0 Å². The minimum atomic E-state index is -0.328. The molecule has 1 aromatic heterocycles. The van der Waals surface area contributed by atoms with Crippen molar-refractivity contribution in [3.63, 3.8) is 0 Å². The van der Waals surface area contributed by atoms with Crippen molar-refractivity contribution in [3.05, 3.63) is 22.6 Å². The van der Waals surface area contributed by atoms with Crippen LogP contribution >= 0.6 is 15.9 Å². The van der Waals surface area contributed by atoms with Crippen LogP contribution in [0.25, 0.3) is 0 Å². The molecule has 96 valence electrons. The van der Waals surface area contributed by atoms with Gasteiger partial charge < -0.3 is 10.2 Å². The minimum absolute atomic E-state index is 0.165. The summed E-state index contributed by atoms with van der Waals surface area (Å²) in [6, 6.07) is 1.58. The lowest BCUT2D eigenvalue weighted by Crippen LogP contribution is -2.35. The van der Waals surface area contributed by atoms with Gasteiger partial charge in [0.1, 0.15) is 0 Å². The highest BCUT2D eigenvalue weighted by Gasteiger charge is 2.10. The zero-order valence-electron chi connectivity index (χ0n) is 10.5. The first-order valence-corrected chi connectivity index (χ1v) is 6.66. The van der Waals surface area contributed by atoms with Crippen molar-refractivity contribution < 1.29 is 4.39 Å². The predicted molar refractivity (Wildman–Crippen MR) is 72.8 cm³/mol. The number of aromatic nitrogens is 1. The number of halogens is 2. The standard InChI is InChI=1S/C12H19BrFN3/c1-4-17(5-2)8-9(3)16-12-11(14)6-10(13)7-15-12/h6-7,9H,4-5,8H2,1-3H3,(H,15,16). The van der Waals surface area contributed by atoms with E-state index < -0.39 is 0 Å². The average molecular weight is 304 g/mol. The molecule has 0 bridgehead atoms. The van der Waals surface area contributed by atoms with Gasteiger partial charge in [0, 0.05) is 23.3 Å². The van der Waals surface area contributed by atoms with Crippen molar-refractivity contribution in [2.75, 3.05) is 25.0 Å². The Balaban J connectivity index is 2.58. The molecule has 1 rings (SSSR count). The lowest BCUT2D eigenvalue weighted by Gasteiger charge is -2.23. The molecule has 0 fully saturated rings. The van der Waals surface area contributed by atoms with Gasteiger partial charge >= 0.3 is 0 Å². The molecule has 0 saturated carbocycles. The molecule has 5 heteroatoms. The fraction of sp³-hybridized carbons (Fsp3) is 0.583. The van der Waals surface area contributed by atoms with E-state index in [-0.39, 0.29) is 11.9 Å². The third kappa shape index (κ3) is 4.60. The van der Waals surface area contributed by atoms with E-state index in [4.69, 9.17) is 0 Å². The van der Waals surface area contributed by atoms with Gasteiger partial charge in [-0.2, -0.15) is 0 Å². The van der Waals surface area contributed by atoms with Gasteiger partial charge in [-0.3, -0.25) is 0 Å². The molecule has 17 heavy (non-hydrogen) atoms. The first-order valence-electron chi connectivity index (χ1n) is 5.86. The van der Waals surface area contributed by atoms with Crippen LogP contribution in [0.4, 0.5) is 10.2 Å². The summed E-state index contributed by atoms with van der Waals surface area (Å²) in [7, 11) is 0. The highest BCUT2D eigenvalue weighted by Crippen LogP contribution is 2.16. The Bertz CT molecular complexity index is 356. The normalized spacial score (nSPS) is 12.8. The summed E-state index contributed by atoms with van der Waals surface area (Å²) in [5.74, 6) is -0.0152.